The zero-order valence-corrected chi connectivity index (χ0v) is 11.3. The van der Waals surface area contributed by atoms with Gasteiger partial charge in [-0.15, -0.1) is 0 Å². The van der Waals surface area contributed by atoms with E-state index in [1.807, 2.05) is 6.92 Å². The molecule has 2 atom stereocenters. The molecule has 98 valence electrons. The monoisotopic (exact) mass is 246 g/mol. The molecular weight excluding hydrogens is 224 g/mol. The van der Waals surface area contributed by atoms with Crippen molar-refractivity contribution in [1.82, 2.24) is 0 Å². The summed E-state index contributed by atoms with van der Waals surface area (Å²) in [5.74, 6) is 0.466. The average molecular weight is 246 g/mol. The van der Waals surface area contributed by atoms with E-state index in [-0.39, 0.29) is 11.9 Å². The second-order valence-electron chi connectivity index (χ2n) is 5.05. The molecule has 2 rings (SSSR count). The lowest BCUT2D eigenvalue weighted by Crippen LogP contribution is -2.07. The summed E-state index contributed by atoms with van der Waals surface area (Å²) in [5, 5.41) is 0. The van der Waals surface area contributed by atoms with Crippen LogP contribution in [0.15, 0.2) is 24.3 Å². The van der Waals surface area contributed by atoms with Gasteiger partial charge in [0.25, 0.3) is 0 Å². The SMILES string of the molecule is CCCCc1ccc([C@@H]2C[C@@H]2C(=O)OCC)cc1. The Morgan fingerprint density at radius 3 is 2.61 bits per heavy atom. The van der Waals surface area contributed by atoms with Gasteiger partial charge in [-0.2, -0.15) is 0 Å². The van der Waals surface area contributed by atoms with Crippen LogP contribution < -0.4 is 0 Å². The first-order chi connectivity index (χ1) is 8.76. The third-order valence-corrected chi connectivity index (χ3v) is 3.61. The van der Waals surface area contributed by atoms with Crippen LogP contribution in [0.25, 0.3) is 0 Å². The van der Waals surface area contributed by atoms with Crippen molar-refractivity contribution < 1.29 is 9.53 Å². The van der Waals surface area contributed by atoms with E-state index in [1.165, 1.54) is 24.0 Å². The predicted molar refractivity (Wildman–Crippen MR) is 72.5 cm³/mol. The Kier molecular flexibility index (Phi) is 4.40. The molecule has 1 aromatic rings. The van der Waals surface area contributed by atoms with Gasteiger partial charge in [0.2, 0.25) is 0 Å². The Balaban J connectivity index is 1.90. The Morgan fingerprint density at radius 2 is 2.00 bits per heavy atom. The number of benzene rings is 1. The van der Waals surface area contributed by atoms with E-state index >= 15 is 0 Å². The van der Waals surface area contributed by atoms with Gasteiger partial charge in [0.15, 0.2) is 0 Å². The fourth-order valence-electron chi connectivity index (χ4n) is 2.39. The van der Waals surface area contributed by atoms with Crippen LogP contribution in [0.3, 0.4) is 0 Å². The molecule has 2 heteroatoms. The molecule has 0 aromatic heterocycles. The topological polar surface area (TPSA) is 26.3 Å². The molecule has 1 aliphatic carbocycles. The minimum atomic E-state index is -0.0300. The fraction of sp³-hybridized carbons (Fsp3) is 0.562. The van der Waals surface area contributed by atoms with Gasteiger partial charge in [-0.1, -0.05) is 37.6 Å². The standard InChI is InChI=1S/C16H22O2/c1-3-5-6-12-7-9-13(10-8-12)14-11-15(14)16(17)18-4-2/h7-10,14-15H,3-6,11H2,1-2H3/t14-,15-/m0/s1. The van der Waals surface area contributed by atoms with Crippen molar-refractivity contribution in [2.75, 3.05) is 6.61 Å². The summed E-state index contributed by atoms with van der Waals surface area (Å²) in [7, 11) is 0. The molecule has 0 unspecified atom stereocenters. The van der Waals surface area contributed by atoms with Crippen molar-refractivity contribution in [3.8, 4) is 0 Å². The first kappa shape index (κ1) is 13.1. The third-order valence-electron chi connectivity index (χ3n) is 3.61. The van der Waals surface area contributed by atoms with Crippen LogP contribution in [0.1, 0.15) is 50.2 Å². The number of esters is 1. The van der Waals surface area contributed by atoms with Gasteiger partial charge in [-0.05, 0) is 43.2 Å². The summed E-state index contributed by atoms with van der Waals surface area (Å²) in [6, 6.07) is 8.75. The lowest BCUT2D eigenvalue weighted by molar-refractivity contribution is -0.144. The molecule has 0 bridgehead atoms. The van der Waals surface area contributed by atoms with Gasteiger partial charge < -0.3 is 4.74 Å². The summed E-state index contributed by atoms with van der Waals surface area (Å²) in [6.45, 7) is 4.55. The van der Waals surface area contributed by atoms with Crippen molar-refractivity contribution in [2.24, 2.45) is 5.92 Å². The number of unbranched alkanes of at least 4 members (excludes halogenated alkanes) is 1. The van der Waals surface area contributed by atoms with E-state index in [2.05, 4.69) is 31.2 Å². The van der Waals surface area contributed by atoms with E-state index in [4.69, 9.17) is 4.74 Å². The van der Waals surface area contributed by atoms with Crippen molar-refractivity contribution in [2.45, 2.75) is 45.4 Å². The Morgan fingerprint density at radius 1 is 1.28 bits per heavy atom. The van der Waals surface area contributed by atoms with Crippen molar-refractivity contribution in [3.05, 3.63) is 35.4 Å². The van der Waals surface area contributed by atoms with Gasteiger partial charge in [0.05, 0.1) is 12.5 Å². The number of hydrogen-bond donors (Lipinski definition) is 0. The first-order valence-electron chi connectivity index (χ1n) is 7.01. The molecule has 18 heavy (non-hydrogen) atoms. The molecule has 0 amide bonds. The molecule has 0 radical (unpaired) electrons. The van der Waals surface area contributed by atoms with Gasteiger partial charge in [0, 0.05) is 0 Å². The van der Waals surface area contributed by atoms with Crippen LogP contribution in [0.4, 0.5) is 0 Å². The predicted octanol–water partition coefficient (Wildman–Crippen LogP) is 3.70. The minimum Gasteiger partial charge on any atom is -0.466 e. The largest absolute Gasteiger partial charge is 0.466 e. The molecule has 2 nitrogen and oxygen atoms in total. The van der Waals surface area contributed by atoms with Crippen molar-refractivity contribution in [1.29, 1.82) is 0 Å². The van der Waals surface area contributed by atoms with Crippen LogP contribution in [-0.2, 0) is 16.0 Å². The quantitative estimate of drug-likeness (QED) is 0.715. The van der Waals surface area contributed by atoms with Crippen molar-refractivity contribution >= 4 is 5.97 Å². The summed E-state index contributed by atoms with van der Waals surface area (Å²) >= 11 is 0. The maximum Gasteiger partial charge on any atom is 0.309 e. The number of carbonyl (C=O) groups is 1. The molecule has 0 aliphatic heterocycles. The Hall–Kier alpha value is -1.31. The van der Waals surface area contributed by atoms with Crippen molar-refractivity contribution in [3.63, 3.8) is 0 Å². The van der Waals surface area contributed by atoms with Gasteiger partial charge in [0.1, 0.15) is 0 Å². The highest BCUT2D eigenvalue weighted by molar-refractivity contribution is 5.77. The highest BCUT2D eigenvalue weighted by Crippen LogP contribution is 2.48. The maximum absolute atomic E-state index is 11.6. The lowest BCUT2D eigenvalue weighted by atomic mass is 10.0. The Labute approximate surface area is 109 Å². The van der Waals surface area contributed by atoms with E-state index in [0.717, 1.165) is 12.8 Å². The number of hydrogen-bond acceptors (Lipinski definition) is 2. The Bertz CT molecular complexity index is 394. The molecule has 1 aliphatic rings. The minimum absolute atomic E-state index is 0.0300. The lowest BCUT2D eigenvalue weighted by Gasteiger charge is -2.04. The molecule has 1 aromatic carbocycles. The third kappa shape index (κ3) is 3.12. The zero-order chi connectivity index (χ0) is 13.0. The van der Waals surface area contributed by atoms with Crippen LogP contribution in [0, 0.1) is 5.92 Å². The molecule has 1 saturated carbocycles. The second kappa shape index (κ2) is 6.03. The smallest absolute Gasteiger partial charge is 0.309 e. The zero-order valence-electron chi connectivity index (χ0n) is 11.3. The van der Waals surface area contributed by atoms with E-state index in [0.29, 0.717) is 12.5 Å². The summed E-state index contributed by atoms with van der Waals surface area (Å²) in [5.41, 5.74) is 2.68. The van der Waals surface area contributed by atoms with E-state index in [9.17, 15) is 4.79 Å². The number of carbonyl (C=O) groups excluding carboxylic acids is 1. The normalized spacial score (nSPS) is 21.7. The average Bonchev–Trinajstić information content (AvgIpc) is 3.17. The second-order valence-corrected chi connectivity index (χ2v) is 5.05. The molecule has 0 heterocycles. The molecule has 0 saturated heterocycles. The molecular formula is C16H22O2. The fourth-order valence-corrected chi connectivity index (χ4v) is 2.39. The van der Waals surface area contributed by atoms with E-state index in [1.54, 1.807) is 0 Å². The molecule has 1 fully saturated rings. The number of aryl methyl sites for hydroxylation is 1. The van der Waals surface area contributed by atoms with Crippen LogP contribution >= 0.6 is 0 Å². The number of ether oxygens (including phenoxy) is 1. The number of rotatable bonds is 6. The van der Waals surface area contributed by atoms with Gasteiger partial charge in [-0.25, -0.2) is 0 Å². The van der Waals surface area contributed by atoms with Crippen LogP contribution in [0.2, 0.25) is 0 Å². The summed E-state index contributed by atoms with van der Waals surface area (Å²) in [6.07, 6.45) is 4.58. The molecule has 0 spiro atoms. The van der Waals surface area contributed by atoms with Gasteiger partial charge in [-0.3, -0.25) is 4.79 Å². The molecule has 0 N–H and O–H groups in total. The maximum atomic E-state index is 11.6. The van der Waals surface area contributed by atoms with Gasteiger partial charge >= 0.3 is 5.97 Å². The summed E-state index contributed by atoms with van der Waals surface area (Å²) in [4.78, 5) is 11.6. The van der Waals surface area contributed by atoms with Crippen LogP contribution in [0.5, 0.6) is 0 Å². The highest BCUT2D eigenvalue weighted by atomic mass is 16.5. The first-order valence-corrected chi connectivity index (χ1v) is 7.01. The van der Waals surface area contributed by atoms with Crippen LogP contribution in [-0.4, -0.2) is 12.6 Å². The van der Waals surface area contributed by atoms with E-state index < -0.39 is 0 Å². The summed E-state index contributed by atoms with van der Waals surface area (Å²) < 4.78 is 5.06. The highest BCUT2D eigenvalue weighted by Gasteiger charge is 2.44.